The SMILES string of the molecule is COC1(C(=O)O)CCCOCC1. The second-order valence-electron chi connectivity index (χ2n) is 2.97. The maximum absolute atomic E-state index is 10.9. The molecule has 70 valence electrons. The molecule has 1 rings (SSSR count). The van der Waals surface area contributed by atoms with E-state index < -0.39 is 11.6 Å². The van der Waals surface area contributed by atoms with Crippen molar-refractivity contribution < 1.29 is 19.4 Å². The minimum Gasteiger partial charge on any atom is -0.479 e. The average molecular weight is 174 g/mol. The molecule has 1 aliphatic heterocycles. The highest BCUT2D eigenvalue weighted by atomic mass is 16.5. The van der Waals surface area contributed by atoms with E-state index in [0.717, 1.165) is 6.42 Å². The van der Waals surface area contributed by atoms with Crippen LogP contribution in [0.1, 0.15) is 19.3 Å². The van der Waals surface area contributed by atoms with Crippen LogP contribution in [0.3, 0.4) is 0 Å². The number of aliphatic carboxylic acids is 1. The Bertz CT molecular complexity index is 158. The normalized spacial score (nSPS) is 31.1. The van der Waals surface area contributed by atoms with Gasteiger partial charge in [-0.2, -0.15) is 0 Å². The van der Waals surface area contributed by atoms with Gasteiger partial charge < -0.3 is 14.6 Å². The molecule has 1 atom stereocenters. The van der Waals surface area contributed by atoms with Gasteiger partial charge in [0.25, 0.3) is 0 Å². The molecule has 1 N–H and O–H groups in total. The number of carbonyl (C=O) groups is 1. The maximum atomic E-state index is 10.9. The van der Waals surface area contributed by atoms with E-state index in [-0.39, 0.29) is 0 Å². The summed E-state index contributed by atoms with van der Waals surface area (Å²) in [6.07, 6.45) is 1.73. The van der Waals surface area contributed by atoms with Gasteiger partial charge in [-0.05, 0) is 12.8 Å². The Hall–Kier alpha value is -0.610. The topological polar surface area (TPSA) is 55.8 Å². The third-order valence-corrected chi connectivity index (χ3v) is 2.30. The van der Waals surface area contributed by atoms with E-state index in [4.69, 9.17) is 14.6 Å². The van der Waals surface area contributed by atoms with Gasteiger partial charge >= 0.3 is 5.97 Å². The van der Waals surface area contributed by atoms with E-state index in [0.29, 0.717) is 26.1 Å². The van der Waals surface area contributed by atoms with Gasteiger partial charge in [0.1, 0.15) is 0 Å². The lowest BCUT2D eigenvalue weighted by atomic mass is 9.95. The first-order chi connectivity index (χ1) is 5.71. The monoisotopic (exact) mass is 174 g/mol. The van der Waals surface area contributed by atoms with E-state index >= 15 is 0 Å². The lowest BCUT2D eigenvalue weighted by molar-refractivity contribution is -0.164. The molecule has 0 saturated carbocycles. The Kier molecular flexibility index (Phi) is 3.05. The van der Waals surface area contributed by atoms with Gasteiger partial charge in [0.15, 0.2) is 5.60 Å². The van der Waals surface area contributed by atoms with E-state index in [1.54, 1.807) is 0 Å². The van der Waals surface area contributed by atoms with Crippen LogP contribution in [0.5, 0.6) is 0 Å². The fourth-order valence-electron chi connectivity index (χ4n) is 1.43. The summed E-state index contributed by atoms with van der Waals surface area (Å²) >= 11 is 0. The summed E-state index contributed by atoms with van der Waals surface area (Å²) in [5, 5.41) is 8.93. The van der Waals surface area contributed by atoms with Crippen molar-refractivity contribution in [1.82, 2.24) is 0 Å². The van der Waals surface area contributed by atoms with Crippen LogP contribution in [0.2, 0.25) is 0 Å². The van der Waals surface area contributed by atoms with Crippen LogP contribution in [-0.2, 0) is 14.3 Å². The third kappa shape index (κ3) is 1.76. The summed E-state index contributed by atoms with van der Waals surface area (Å²) in [7, 11) is 1.44. The molecule has 0 aromatic carbocycles. The van der Waals surface area contributed by atoms with Gasteiger partial charge in [-0.15, -0.1) is 0 Å². The van der Waals surface area contributed by atoms with Crippen molar-refractivity contribution in [2.75, 3.05) is 20.3 Å². The van der Waals surface area contributed by atoms with Gasteiger partial charge in [-0.25, -0.2) is 4.79 Å². The first-order valence-corrected chi connectivity index (χ1v) is 4.07. The highest BCUT2D eigenvalue weighted by Crippen LogP contribution is 2.24. The van der Waals surface area contributed by atoms with Crippen LogP contribution >= 0.6 is 0 Å². The van der Waals surface area contributed by atoms with E-state index in [1.807, 2.05) is 0 Å². The Balaban J connectivity index is 2.68. The van der Waals surface area contributed by atoms with Crippen LogP contribution in [0, 0.1) is 0 Å². The maximum Gasteiger partial charge on any atom is 0.336 e. The zero-order valence-corrected chi connectivity index (χ0v) is 7.21. The van der Waals surface area contributed by atoms with Crippen molar-refractivity contribution in [2.45, 2.75) is 24.9 Å². The smallest absolute Gasteiger partial charge is 0.336 e. The molecular formula is C8H14O4. The number of rotatable bonds is 2. The Morgan fingerprint density at radius 1 is 1.50 bits per heavy atom. The predicted octanol–water partition coefficient (Wildman–Crippen LogP) is 0.657. The summed E-state index contributed by atoms with van der Waals surface area (Å²) in [5.74, 6) is -0.879. The summed E-state index contributed by atoms with van der Waals surface area (Å²) < 4.78 is 10.2. The number of carboxylic acids is 1. The van der Waals surface area contributed by atoms with Crippen molar-refractivity contribution in [2.24, 2.45) is 0 Å². The minimum atomic E-state index is -1.00. The average Bonchev–Trinajstić information content (AvgIpc) is 2.29. The van der Waals surface area contributed by atoms with Crippen LogP contribution in [0.15, 0.2) is 0 Å². The standard InChI is InChI=1S/C8H14O4/c1-11-8(7(9)10)3-2-5-12-6-4-8/h2-6H2,1H3,(H,9,10). The Morgan fingerprint density at radius 3 is 2.83 bits per heavy atom. The van der Waals surface area contributed by atoms with Crippen molar-refractivity contribution in [3.63, 3.8) is 0 Å². The third-order valence-electron chi connectivity index (χ3n) is 2.30. The molecule has 0 amide bonds. The van der Waals surface area contributed by atoms with E-state index in [1.165, 1.54) is 7.11 Å². The number of hydrogen-bond donors (Lipinski definition) is 1. The molecule has 1 fully saturated rings. The van der Waals surface area contributed by atoms with Crippen LogP contribution in [-0.4, -0.2) is 37.0 Å². The Labute approximate surface area is 71.5 Å². The molecular weight excluding hydrogens is 160 g/mol. The number of methoxy groups -OCH3 is 1. The molecule has 4 nitrogen and oxygen atoms in total. The highest BCUT2D eigenvalue weighted by Gasteiger charge is 2.38. The van der Waals surface area contributed by atoms with Gasteiger partial charge in [0.05, 0.1) is 0 Å². The Morgan fingerprint density at radius 2 is 2.25 bits per heavy atom. The summed E-state index contributed by atoms with van der Waals surface area (Å²) in [5.41, 5.74) is -1.00. The summed E-state index contributed by atoms with van der Waals surface area (Å²) in [6, 6.07) is 0. The first kappa shape index (κ1) is 9.48. The van der Waals surface area contributed by atoms with Crippen LogP contribution in [0.4, 0.5) is 0 Å². The van der Waals surface area contributed by atoms with Crippen molar-refractivity contribution >= 4 is 5.97 Å². The van der Waals surface area contributed by atoms with Crippen LogP contribution < -0.4 is 0 Å². The molecule has 0 bridgehead atoms. The molecule has 1 heterocycles. The zero-order chi connectivity index (χ0) is 9.03. The molecule has 1 unspecified atom stereocenters. The lowest BCUT2D eigenvalue weighted by Crippen LogP contribution is -2.40. The molecule has 12 heavy (non-hydrogen) atoms. The molecule has 0 spiro atoms. The molecule has 1 saturated heterocycles. The second-order valence-corrected chi connectivity index (χ2v) is 2.97. The summed E-state index contributed by atoms with van der Waals surface area (Å²) in [6.45, 7) is 1.11. The zero-order valence-electron chi connectivity index (χ0n) is 7.21. The summed E-state index contributed by atoms with van der Waals surface area (Å²) in [4.78, 5) is 10.9. The predicted molar refractivity (Wildman–Crippen MR) is 42.0 cm³/mol. The first-order valence-electron chi connectivity index (χ1n) is 4.07. The molecule has 0 aromatic rings. The van der Waals surface area contributed by atoms with E-state index in [2.05, 4.69) is 0 Å². The van der Waals surface area contributed by atoms with Gasteiger partial charge in [0.2, 0.25) is 0 Å². The van der Waals surface area contributed by atoms with E-state index in [9.17, 15) is 4.79 Å². The fraction of sp³-hybridized carbons (Fsp3) is 0.875. The minimum absolute atomic E-state index is 0.443. The largest absolute Gasteiger partial charge is 0.479 e. The number of ether oxygens (including phenoxy) is 2. The van der Waals surface area contributed by atoms with Gasteiger partial charge in [-0.3, -0.25) is 0 Å². The lowest BCUT2D eigenvalue weighted by Gasteiger charge is -2.25. The fourth-order valence-corrected chi connectivity index (χ4v) is 1.43. The molecule has 0 aromatic heterocycles. The van der Waals surface area contributed by atoms with Gasteiger partial charge in [-0.1, -0.05) is 0 Å². The molecule has 4 heteroatoms. The quantitative estimate of drug-likeness (QED) is 0.668. The molecule has 0 radical (unpaired) electrons. The molecule has 1 aliphatic rings. The van der Waals surface area contributed by atoms with Crippen molar-refractivity contribution in [1.29, 1.82) is 0 Å². The highest BCUT2D eigenvalue weighted by molar-refractivity contribution is 5.77. The van der Waals surface area contributed by atoms with Gasteiger partial charge in [0, 0.05) is 26.7 Å². The second kappa shape index (κ2) is 3.87. The molecule has 0 aliphatic carbocycles. The van der Waals surface area contributed by atoms with Crippen LogP contribution in [0.25, 0.3) is 0 Å². The number of carboxylic acid groups (broad SMARTS) is 1. The number of hydrogen-bond acceptors (Lipinski definition) is 3. The van der Waals surface area contributed by atoms with Crippen molar-refractivity contribution in [3.8, 4) is 0 Å². The van der Waals surface area contributed by atoms with Crippen molar-refractivity contribution in [3.05, 3.63) is 0 Å².